The zero-order valence-electron chi connectivity index (χ0n) is 22.4. The van der Waals surface area contributed by atoms with Crippen LogP contribution in [0.2, 0.25) is 0 Å². The van der Waals surface area contributed by atoms with E-state index in [4.69, 9.17) is 0 Å². The van der Waals surface area contributed by atoms with Crippen molar-refractivity contribution < 1.29 is 24.3 Å². The summed E-state index contributed by atoms with van der Waals surface area (Å²) < 4.78 is 0. The third-order valence-electron chi connectivity index (χ3n) is 7.49. The zero-order chi connectivity index (χ0) is 27.8. The zero-order valence-corrected chi connectivity index (χ0v) is 22.4. The molecule has 9 nitrogen and oxygen atoms in total. The molecule has 2 fully saturated rings. The lowest BCUT2D eigenvalue weighted by atomic mass is 10.0. The Hall–Kier alpha value is -3.72. The Balaban J connectivity index is 1.49. The van der Waals surface area contributed by atoms with Crippen LogP contribution in [0.3, 0.4) is 0 Å². The fourth-order valence-corrected chi connectivity index (χ4v) is 5.41. The van der Waals surface area contributed by atoms with E-state index in [1.54, 1.807) is 0 Å². The molecule has 208 valence electrons. The molecule has 3 amide bonds. The summed E-state index contributed by atoms with van der Waals surface area (Å²) in [6.45, 7) is 3.11. The van der Waals surface area contributed by atoms with Gasteiger partial charge in [-0.1, -0.05) is 60.2 Å². The van der Waals surface area contributed by atoms with Gasteiger partial charge in [0.15, 0.2) is 0 Å². The summed E-state index contributed by atoms with van der Waals surface area (Å²) in [5.41, 5.74) is 2.93. The summed E-state index contributed by atoms with van der Waals surface area (Å²) in [6, 6.07) is 14.8. The number of nitrogens with one attached hydrogen (secondary N) is 3. The van der Waals surface area contributed by atoms with Gasteiger partial charge in [-0.3, -0.25) is 14.4 Å². The number of hydrogen-bond donors (Lipinski definition) is 4. The number of carbonyl (C=O) groups excluding carboxylic acids is 3. The van der Waals surface area contributed by atoms with E-state index in [1.165, 1.54) is 4.90 Å². The van der Waals surface area contributed by atoms with Gasteiger partial charge >= 0.3 is 5.97 Å². The smallest absolute Gasteiger partial charge is 0.326 e. The molecule has 2 aliphatic heterocycles. The predicted molar refractivity (Wildman–Crippen MR) is 147 cm³/mol. The van der Waals surface area contributed by atoms with E-state index in [0.29, 0.717) is 25.8 Å². The van der Waals surface area contributed by atoms with Gasteiger partial charge < -0.3 is 26.0 Å². The van der Waals surface area contributed by atoms with Gasteiger partial charge in [-0.15, -0.1) is 0 Å². The van der Waals surface area contributed by atoms with Crippen molar-refractivity contribution in [3.63, 3.8) is 0 Å². The number of likely N-dealkylation sites (tertiary alicyclic amines) is 1. The minimum absolute atomic E-state index is 0.00656. The number of aryl methyl sites for hydroxylation is 1. The Morgan fingerprint density at radius 1 is 0.949 bits per heavy atom. The van der Waals surface area contributed by atoms with Crippen LogP contribution in [0, 0.1) is 6.92 Å². The Kier molecular flexibility index (Phi) is 9.70. The van der Waals surface area contributed by atoms with E-state index in [9.17, 15) is 24.3 Å². The van der Waals surface area contributed by atoms with E-state index >= 15 is 0 Å². The van der Waals surface area contributed by atoms with Crippen LogP contribution in [0.5, 0.6) is 0 Å². The quantitative estimate of drug-likeness (QED) is 0.349. The van der Waals surface area contributed by atoms with Gasteiger partial charge in [-0.05, 0) is 56.7 Å². The molecule has 9 heteroatoms. The normalized spacial score (nSPS) is 20.3. The third kappa shape index (κ3) is 7.89. The molecule has 4 unspecified atom stereocenters. The molecule has 0 bridgehead atoms. The highest BCUT2D eigenvalue weighted by Gasteiger charge is 2.38. The lowest BCUT2D eigenvalue weighted by Gasteiger charge is -2.28. The van der Waals surface area contributed by atoms with Crippen LogP contribution in [-0.4, -0.2) is 71.0 Å². The summed E-state index contributed by atoms with van der Waals surface area (Å²) in [5, 5.41) is 18.7. The minimum Gasteiger partial charge on any atom is -0.480 e. The second-order valence-corrected chi connectivity index (χ2v) is 10.6. The molecule has 2 heterocycles. The Morgan fingerprint density at radius 3 is 2.33 bits per heavy atom. The second-order valence-electron chi connectivity index (χ2n) is 10.6. The van der Waals surface area contributed by atoms with Gasteiger partial charge in [0.25, 0.3) is 0 Å². The molecule has 2 aromatic carbocycles. The standard InChI is InChI=1S/C30H38N4O5/c1-20-11-13-22(14-12-20)18-25(29(37)34-16-6-10-26(34)30(38)39)33-27(35)19-23(17-21-7-3-2-4-8-21)32-28(36)24-9-5-15-31-24/h2-4,7-8,11-14,23-26,31H,5-6,9-10,15-19H2,1H3,(H,32,36)(H,33,35)(H,38,39). The van der Waals surface area contributed by atoms with Crippen LogP contribution < -0.4 is 16.0 Å². The van der Waals surface area contributed by atoms with Crippen LogP contribution in [0.1, 0.15) is 48.8 Å². The predicted octanol–water partition coefficient (Wildman–Crippen LogP) is 1.97. The van der Waals surface area contributed by atoms with Crippen LogP contribution in [0.25, 0.3) is 0 Å². The molecule has 4 N–H and O–H groups in total. The van der Waals surface area contributed by atoms with Crippen molar-refractivity contribution in [2.45, 2.75) is 76.0 Å². The fraction of sp³-hybridized carbons (Fsp3) is 0.467. The first kappa shape index (κ1) is 28.3. The molecule has 0 spiro atoms. The van der Waals surface area contributed by atoms with Gasteiger partial charge in [-0.25, -0.2) is 4.79 Å². The van der Waals surface area contributed by atoms with Crippen LogP contribution >= 0.6 is 0 Å². The summed E-state index contributed by atoms with van der Waals surface area (Å²) in [5.74, 6) is -1.93. The Morgan fingerprint density at radius 2 is 1.67 bits per heavy atom. The first-order valence-corrected chi connectivity index (χ1v) is 13.8. The van der Waals surface area contributed by atoms with Crippen LogP contribution in [0.15, 0.2) is 54.6 Å². The van der Waals surface area contributed by atoms with E-state index in [2.05, 4.69) is 16.0 Å². The summed E-state index contributed by atoms with van der Waals surface area (Å²) in [7, 11) is 0. The molecule has 2 aliphatic rings. The molecular formula is C30H38N4O5. The van der Waals surface area contributed by atoms with E-state index < -0.39 is 30.0 Å². The van der Waals surface area contributed by atoms with Crippen molar-refractivity contribution >= 4 is 23.7 Å². The number of nitrogens with zero attached hydrogens (tertiary/aromatic N) is 1. The van der Waals surface area contributed by atoms with E-state index in [-0.39, 0.29) is 30.7 Å². The Bertz CT molecular complexity index is 1150. The van der Waals surface area contributed by atoms with E-state index in [1.807, 2.05) is 61.5 Å². The number of amides is 3. The van der Waals surface area contributed by atoms with Crippen molar-refractivity contribution in [3.8, 4) is 0 Å². The second kappa shape index (κ2) is 13.4. The van der Waals surface area contributed by atoms with Crippen molar-refractivity contribution in [1.29, 1.82) is 0 Å². The molecule has 0 radical (unpaired) electrons. The number of hydrogen-bond acceptors (Lipinski definition) is 5. The van der Waals surface area contributed by atoms with Gasteiger partial charge in [0, 0.05) is 25.4 Å². The molecule has 4 rings (SSSR count). The molecule has 2 aromatic rings. The van der Waals surface area contributed by atoms with Crippen LogP contribution in [0.4, 0.5) is 0 Å². The maximum absolute atomic E-state index is 13.6. The van der Waals surface area contributed by atoms with Gasteiger partial charge in [0.1, 0.15) is 12.1 Å². The number of carboxylic acid groups (broad SMARTS) is 1. The van der Waals surface area contributed by atoms with Gasteiger partial charge in [0.05, 0.1) is 6.04 Å². The third-order valence-corrected chi connectivity index (χ3v) is 7.49. The molecule has 39 heavy (non-hydrogen) atoms. The maximum Gasteiger partial charge on any atom is 0.326 e. The molecular weight excluding hydrogens is 496 g/mol. The van der Waals surface area contributed by atoms with Crippen molar-refractivity contribution in [1.82, 2.24) is 20.9 Å². The number of carbonyl (C=O) groups is 4. The van der Waals surface area contributed by atoms with Gasteiger partial charge in [0.2, 0.25) is 17.7 Å². The van der Waals surface area contributed by atoms with E-state index in [0.717, 1.165) is 36.1 Å². The molecule has 0 aromatic heterocycles. The van der Waals surface area contributed by atoms with Gasteiger partial charge in [-0.2, -0.15) is 0 Å². The van der Waals surface area contributed by atoms with Crippen LogP contribution in [-0.2, 0) is 32.0 Å². The fourth-order valence-electron chi connectivity index (χ4n) is 5.41. The number of rotatable bonds is 11. The maximum atomic E-state index is 13.6. The topological polar surface area (TPSA) is 128 Å². The summed E-state index contributed by atoms with van der Waals surface area (Å²) in [6.07, 6.45) is 3.39. The first-order valence-electron chi connectivity index (χ1n) is 13.8. The lowest BCUT2D eigenvalue weighted by molar-refractivity contribution is -0.149. The molecule has 0 aliphatic carbocycles. The monoisotopic (exact) mass is 534 g/mol. The average molecular weight is 535 g/mol. The number of aliphatic carboxylic acids is 1. The highest BCUT2D eigenvalue weighted by Crippen LogP contribution is 2.20. The average Bonchev–Trinajstić information content (AvgIpc) is 3.63. The SMILES string of the molecule is Cc1ccc(CC(NC(=O)CC(Cc2ccccc2)NC(=O)C2CCCN2)C(=O)N2CCCC2C(=O)O)cc1. The number of carboxylic acids is 1. The highest BCUT2D eigenvalue weighted by molar-refractivity contribution is 5.91. The highest BCUT2D eigenvalue weighted by atomic mass is 16.4. The largest absolute Gasteiger partial charge is 0.480 e. The lowest BCUT2D eigenvalue weighted by Crippen LogP contribution is -2.54. The number of benzene rings is 2. The summed E-state index contributed by atoms with van der Waals surface area (Å²) in [4.78, 5) is 52.9. The summed E-state index contributed by atoms with van der Waals surface area (Å²) >= 11 is 0. The van der Waals surface area contributed by atoms with Crippen molar-refractivity contribution in [2.24, 2.45) is 0 Å². The first-order chi connectivity index (χ1) is 18.8. The minimum atomic E-state index is -1.03. The van der Waals surface area contributed by atoms with Crippen molar-refractivity contribution in [3.05, 3.63) is 71.3 Å². The Labute approximate surface area is 229 Å². The molecule has 0 saturated carbocycles. The molecule has 2 saturated heterocycles. The van der Waals surface area contributed by atoms with Crippen molar-refractivity contribution in [2.75, 3.05) is 13.1 Å². The molecule has 4 atom stereocenters.